The fraction of sp³-hybridized carbons (Fsp3) is 0.208. The Morgan fingerprint density at radius 2 is 1.83 bits per heavy atom. The van der Waals surface area contributed by atoms with Crippen molar-refractivity contribution in [1.82, 2.24) is 20.0 Å². The Hall–Kier alpha value is -3.67. The van der Waals surface area contributed by atoms with Crippen molar-refractivity contribution >= 4 is 17.9 Å². The van der Waals surface area contributed by atoms with Crippen molar-refractivity contribution in [1.29, 1.82) is 0 Å². The van der Waals surface area contributed by atoms with Gasteiger partial charge in [-0.25, -0.2) is 4.68 Å². The van der Waals surface area contributed by atoms with Crippen LogP contribution in [0.5, 0.6) is 0 Å². The number of hydrogen-bond donors (Lipinski definition) is 1. The van der Waals surface area contributed by atoms with Crippen LogP contribution in [-0.2, 0) is 9.59 Å². The number of amides is 2. The number of carbonyl (C=O) groups is 2. The van der Waals surface area contributed by atoms with Gasteiger partial charge in [-0.3, -0.25) is 9.59 Å². The SMILES string of the molecule is CCC1C(=O)NCCN1C(=O)/C=C/c1cn(-c2ccccc2)nc1-c1ccccc1. The first-order chi connectivity index (χ1) is 14.7. The highest BCUT2D eigenvalue weighted by Crippen LogP contribution is 2.25. The molecule has 6 heteroatoms. The van der Waals surface area contributed by atoms with Crippen LogP contribution < -0.4 is 5.32 Å². The molecule has 0 radical (unpaired) electrons. The lowest BCUT2D eigenvalue weighted by molar-refractivity contribution is -0.140. The van der Waals surface area contributed by atoms with Gasteiger partial charge >= 0.3 is 0 Å². The predicted octanol–water partition coefficient (Wildman–Crippen LogP) is 3.29. The van der Waals surface area contributed by atoms with E-state index in [2.05, 4.69) is 5.32 Å². The summed E-state index contributed by atoms with van der Waals surface area (Å²) in [6, 6.07) is 19.3. The van der Waals surface area contributed by atoms with Crippen LogP contribution in [0.1, 0.15) is 18.9 Å². The maximum atomic E-state index is 12.8. The van der Waals surface area contributed by atoms with Gasteiger partial charge in [-0.1, -0.05) is 55.5 Å². The van der Waals surface area contributed by atoms with Gasteiger partial charge in [-0.05, 0) is 24.6 Å². The van der Waals surface area contributed by atoms with Crippen LogP contribution in [0.25, 0.3) is 23.0 Å². The highest BCUT2D eigenvalue weighted by Gasteiger charge is 2.30. The second-order valence-electron chi connectivity index (χ2n) is 7.16. The van der Waals surface area contributed by atoms with Gasteiger partial charge < -0.3 is 10.2 Å². The van der Waals surface area contributed by atoms with Crippen LogP contribution in [0.15, 0.2) is 72.9 Å². The summed E-state index contributed by atoms with van der Waals surface area (Å²) in [6.45, 7) is 2.91. The lowest BCUT2D eigenvalue weighted by Crippen LogP contribution is -2.56. The van der Waals surface area contributed by atoms with Crippen molar-refractivity contribution in [3.63, 3.8) is 0 Å². The van der Waals surface area contributed by atoms with Gasteiger partial charge in [0.1, 0.15) is 6.04 Å². The van der Waals surface area contributed by atoms with Crippen molar-refractivity contribution < 1.29 is 9.59 Å². The molecule has 2 heterocycles. The number of nitrogens with one attached hydrogen (secondary N) is 1. The van der Waals surface area contributed by atoms with Crippen molar-refractivity contribution in [2.24, 2.45) is 0 Å². The second-order valence-corrected chi connectivity index (χ2v) is 7.16. The molecule has 0 spiro atoms. The van der Waals surface area contributed by atoms with Gasteiger partial charge in [0.25, 0.3) is 0 Å². The van der Waals surface area contributed by atoms with E-state index in [9.17, 15) is 9.59 Å². The zero-order valence-corrected chi connectivity index (χ0v) is 16.9. The van der Waals surface area contributed by atoms with Crippen LogP contribution in [0.4, 0.5) is 0 Å². The first kappa shape index (κ1) is 19.6. The number of nitrogens with zero attached hydrogens (tertiary/aromatic N) is 3. The summed E-state index contributed by atoms with van der Waals surface area (Å²) >= 11 is 0. The number of para-hydroxylation sites is 1. The Kier molecular flexibility index (Phi) is 5.75. The van der Waals surface area contributed by atoms with Gasteiger partial charge in [-0.2, -0.15) is 5.10 Å². The Morgan fingerprint density at radius 1 is 1.13 bits per heavy atom. The fourth-order valence-electron chi connectivity index (χ4n) is 3.68. The third kappa shape index (κ3) is 4.03. The molecular weight excluding hydrogens is 376 g/mol. The van der Waals surface area contributed by atoms with Crippen molar-refractivity contribution in [3.05, 3.63) is 78.5 Å². The summed E-state index contributed by atoms with van der Waals surface area (Å²) in [5.74, 6) is -0.254. The van der Waals surface area contributed by atoms with E-state index in [-0.39, 0.29) is 11.8 Å². The molecule has 1 atom stereocenters. The smallest absolute Gasteiger partial charge is 0.247 e. The normalized spacial score (nSPS) is 16.6. The first-order valence-corrected chi connectivity index (χ1v) is 10.1. The minimum Gasteiger partial charge on any atom is -0.353 e. The van der Waals surface area contributed by atoms with Gasteiger partial charge in [0, 0.05) is 36.5 Å². The molecule has 1 aliphatic rings. The van der Waals surface area contributed by atoms with E-state index in [1.165, 1.54) is 0 Å². The number of piperazine rings is 1. The molecule has 6 nitrogen and oxygen atoms in total. The number of rotatable bonds is 5. The molecular formula is C24H24N4O2. The Bertz CT molecular complexity index is 1060. The highest BCUT2D eigenvalue weighted by atomic mass is 16.2. The summed E-state index contributed by atoms with van der Waals surface area (Å²) in [4.78, 5) is 26.6. The quantitative estimate of drug-likeness (QED) is 0.669. The molecule has 1 N–H and O–H groups in total. The van der Waals surface area contributed by atoms with Gasteiger partial charge in [0.15, 0.2) is 0 Å². The highest BCUT2D eigenvalue weighted by molar-refractivity contribution is 5.97. The van der Waals surface area contributed by atoms with Crippen LogP contribution >= 0.6 is 0 Å². The van der Waals surface area contributed by atoms with Crippen LogP contribution in [0.2, 0.25) is 0 Å². The molecule has 1 aliphatic heterocycles. The average Bonchev–Trinajstić information content (AvgIpc) is 3.23. The summed E-state index contributed by atoms with van der Waals surface area (Å²) < 4.78 is 1.82. The molecule has 1 fully saturated rings. The van der Waals surface area contributed by atoms with Gasteiger partial charge in [0.2, 0.25) is 11.8 Å². The molecule has 2 aromatic carbocycles. The third-order valence-electron chi connectivity index (χ3n) is 5.22. The number of hydrogen-bond acceptors (Lipinski definition) is 3. The Labute approximate surface area is 175 Å². The summed E-state index contributed by atoms with van der Waals surface area (Å²) in [5.41, 5.74) is 3.56. The van der Waals surface area contributed by atoms with Gasteiger partial charge in [0.05, 0.1) is 11.4 Å². The maximum absolute atomic E-state index is 12.8. The van der Waals surface area contributed by atoms with Crippen molar-refractivity contribution in [2.45, 2.75) is 19.4 Å². The molecule has 3 aromatic rings. The summed E-state index contributed by atoms with van der Waals surface area (Å²) in [5, 5.41) is 7.58. The Morgan fingerprint density at radius 3 is 2.53 bits per heavy atom. The molecule has 1 unspecified atom stereocenters. The zero-order chi connectivity index (χ0) is 20.9. The topological polar surface area (TPSA) is 67.2 Å². The maximum Gasteiger partial charge on any atom is 0.247 e. The lowest BCUT2D eigenvalue weighted by atomic mass is 10.1. The zero-order valence-electron chi connectivity index (χ0n) is 16.9. The molecule has 1 aromatic heterocycles. The molecule has 0 saturated carbocycles. The van der Waals surface area contributed by atoms with E-state index in [4.69, 9.17) is 5.10 Å². The minimum atomic E-state index is -0.420. The van der Waals surface area contributed by atoms with E-state index in [1.807, 2.05) is 78.5 Å². The number of aromatic nitrogens is 2. The van der Waals surface area contributed by atoms with E-state index in [0.29, 0.717) is 19.5 Å². The van der Waals surface area contributed by atoms with Crippen LogP contribution in [0.3, 0.4) is 0 Å². The average molecular weight is 400 g/mol. The third-order valence-corrected chi connectivity index (χ3v) is 5.22. The van der Waals surface area contributed by atoms with Crippen LogP contribution in [-0.4, -0.2) is 45.6 Å². The minimum absolute atomic E-state index is 0.0904. The molecule has 0 bridgehead atoms. The van der Waals surface area contributed by atoms with E-state index >= 15 is 0 Å². The predicted molar refractivity (Wildman–Crippen MR) is 117 cm³/mol. The molecule has 1 saturated heterocycles. The Balaban J connectivity index is 1.66. The molecule has 30 heavy (non-hydrogen) atoms. The standard InChI is InChI=1S/C24H24N4O2/c1-2-21-24(30)25-15-16-27(21)22(29)14-13-19-17-28(20-11-7-4-8-12-20)26-23(19)18-9-5-3-6-10-18/h3-14,17,21H,2,15-16H2,1H3,(H,25,30)/b14-13+. The van der Waals surface area contributed by atoms with Crippen molar-refractivity contribution in [3.8, 4) is 16.9 Å². The second kappa shape index (κ2) is 8.78. The van der Waals surface area contributed by atoms with E-state index in [1.54, 1.807) is 17.1 Å². The molecule has 0 aliphatic carbocycles. The van der Waals surface area contributed by atoms with E-state index < -0.39 is 6.04 Å². The summed E-state index contributed by atoms with van der Waals surface area (Å²) in [6.07, 6.45) is 5.84. The lowest BCUT2D eigenvalue weighted by Gasteiger charge is -2.33. The number of benzene rings is 2. The molecule has 152 valence electrons. The van der Waals surface area contributed by atoms with Crippen molar-refractivity contribution in [2.75, 3.05) is 13.1 Å². The monoisotopic (exact) mass is 400 g/mol. The summed E-state index contributed by atoms with van der Waals surface area (Å²) in [7, 11) is 0. The molecule has 2 amide bonds. The number of carbonyl (C=O) groups excluding carboxylic acids is 2. The fourth-order valence-corrected chi connectivity index (χ4v) is 3.68. The molecule has 4 rings (SSSR count). The van der Waals surface area contributed by atoms with Crippen LogP contribution in [0, 0.1) is 0 Å². The van der Waals surface area contributed by atoms with Gasteiger partial charge in [-0.15, -0.1) is 0 Å². The largest absolute Gasteiger partial charge is 0.353 e. The first-order valence-electron chi connectivity index (χ1n) is 10.1. The van der Waals surface area contributed by atoms with E-state index in [0.717, 1.165) is 22.5 Å².